The van der Waals surface area contributed by atoms with Crippen LogP contribution in [0.1, 0.15) is 13.8 Å². The van der Waals surface area contributed by atoms with Crippen molar-refractivity contribution < 1.29 is 0 Å². The number of likely N-dealkylation sites (N-methyl/N-ethyl adjacent to an activating group) is 1. The molecule has 0 spiro atoms. The largest absolute Gasteiger partial charge is 0.316 e. The van der Waals surface area contributed by atoms with Crippen molar-refractivity contribution in [3.8, 4) is 11.8 Å². The molecule has 2 nitrogen and oxygen atoms in total. The van der Waals surface area contributed by atoms with Gasteiger partial charge in [-0.05, 0) is 20.9 Å². The highest BCUT2D eigenvalue weighted by Crippen LogP contribution is 2.09. The average molecular weight is 162 g/mol. The second-order valence-electron chi connectivity index (χ2n) is 3.13. The quantitative estimate of drug-likeness (QED) is 0.449. The highest BCUT2D eigenvalue weighted by atomic mass is 15.2. The van der Waals surface area contributed by atoms with Crippen LogP contribution >= 0.6 is 0 Å². The first kappa shape index (κ1) is 11.0. The maximum absolute atomic E-state index is 6.64. The van der Waals surface area contributed by atoms with E-state index >= 15 is 0 Å². The van der Waals surface area contributed by atoms with Crippen LogP contribution in [0.5, 0.6) is 0 Å². The third-order valence-corrected chi connectivity index (χ3v) is 1.88. The maximum atomic E-state index is 6.64. The Morgan fingerprint density at radius 3 is 2.58 bits per heavy atom. The average Bonchev–Trinajstić information content (AvgIpc) is 2.00. The zero-order valence-corrected chi connectivity index (χ0v) is 7.89. The summed E-state index contributed by atoms with van der Waals surface area (Å²) in [5.74, 6) is 5.28. The molecular weight excluding hydrogens is 148 g/mol. The van der Waals surface area contributed by atoms with E-state index in [0.29, 0.717) is 6.54 Å². The van der Waals surface area contributed by atoms with Crippen LogP contribution in [0.3, 0.4) is 0 Å². The molecule has 0 aromatic rings. The molecular formula is C10H14N2. The summed E-state index contributed by atoms with van der Waals surface area (Å²) in [4.78, 5) is 5.30. The first-order valence-electron chi connectivity index (χ1n) is 3.82. The molecule has 2 radical (unpaired) electrons. The fraction of sp³-hybridized carbons (Fsp3) is 0.600. The van der Waals surface area contributed by atoms with E-state index in [-0.39, 0.29) is 5.54 Å². The summed E-state index contributed by atoms with van der Waals surface area (Å²) >= 11 is 0. The van der Waals surface area contributed by atoms with Gasteiger partial charge >= 0.3 is 0 Å². The Balaban J connectivity index is 4.13. The van der Waals surface area contributed by atoms with Gasteiger partial charge in [-0.2, -0.15) is 0 Å². The number of hydrogen-bond acceptors (Lipinski definition) is 1. The van der Waals surface area contributed by atoms with Crippen LogP contribution in [-0.2, 0) is 0 Å². The van der Waals surface area contributed by atoms with Gasteiger partial charge in [0.25, 0.3) is 0 Å². The molecule has 0 aromatic carbocycles. The van der Waals surface area contributed by atoms with Crippen LogP contribution in [0.4, 0.5) is 0 Å². The van der Waals surface area contributed by atoms with Crippen molar-refractivity contribution >= 4 is 0 Å². The van der Waals surface area contributed by atoms with Crippen LogP contribution in [0, 0.1) is 25.3 Å². The van der Waals surface area contributed by atoms with Gasteiger partial charge in [-0.3, -0.25) is 4.90 Å². The van der Waals surface area contributed by atoms with Crippen molar-refractivity contribution in [2.75, 3.05) is 20.1 Å². The summed E-state index contributed by atoms with van der Waals surface area (Å²) in [6.45, 7) is 17.0. The van der Waals surface area contributed by atoms with Gasteiger partial charge in [-0.25, -0.2) is 6.57 Å². The van der Waals surface area contributed by atoms with Crippen molar-refractivity contribution in [1.82, 2.24) is 4.90 Å². The second-order valence-corrected chi connectivity index (χ2v) is 3.13. The van der Waals surface area contributed by atoms with E-state index in [4.69, 9.17) is 13.5 Å². The summed E-state index contributed by atoms with van der Waals surface area (Å²) in [6, 6.07) is 0. The molecule has 2 heteroatoms. The highest BCUT2D eigenvalue weighted by molar-refractivity contribution is 5.15. The molecule has 0 aromatic heterocycles. The predicted molar refractivity (Wildman–Crippen MR) is 50.3 cm³/mol. The Hall–Kier alpha value is -0.990. The normalized spacial score (nSPS) is 10.3. The fourth-order valence-corrected chi connectivity index (χ4v) is 0.752. The Morgan fingerprint density at radius 2 is 2.17 bits per heavy atom. The summed E-state index contributed by atoms with van der Waals surface area (Å²) in [5, 5.41) is 0. The van der Waals surface area contributed by atoms with Crippen LogP contribution in [0.15, 0.2) is 0 Å². The van der Waals surface area contributed by atoms with E-state index in [0.717, 1.165) is 6.54 Å². The van der Waals surface area contributed by atoms with Crippen molar-refractivity contribution in [3.05, 3.63) is 18.3 Å². The molecule has 0 saturated carbocycles. The summed E-state index contributed by atoms with van der Waals surface area (Å²) in [5.41, 5.74) is -0.237. The lowest BCUT2D eigenvalue weighted by Crippen LogP contribution is -2.41. The molecule has 0 unspecified atom stereocenters. The molecule has 0 heterocycles. The molecule has 0 rings (SSSR count). The van der Waals surface area contributed by atoms with Crippen molar-refractivity contribution in [2.24, 2.45) is 0 Å². The van der Waals surface area contributed by atoms with Crippen molar-refractivity contribution in [3.63, 3.8) is 0 Å². The molecule has 0 fully saturated rings. The van der Waals surface area contributed by atoms with Crippen LogP contribution < -0.4 is 0 Å². The lowest BCUT2D eigenvalue weighted by Gasteiger charge is -2.28. The topological polar surface area (TPSA) is 7.60 Å². The summed E-state index contributed by atoms with van der Waals surface area (Å²) in [6.07, 6.45) is 0. The molecule has 0 bridgehead atoms. The molecule has 0 saturated heterocycles. The standard InChI is InChI=1S/C10H14N2/c1-6-7-10(2,3)12(5)9-8-11-4/h1H,8-9H2,2-3,5H3. The van der Waals surface area contributed by atoms with E-state index in [1.165, 1.54) is 0 Å². The van der Waals surface area contributed by atoms with Gasteiger partial charge in [0.1, 0.15) is 0 Å². The molecule has 0 aliphatic rings. The minimum atomic E-state index is -0.237. The summed E-state index contributed by atoms with van der Waals surface area (Å²) < 4.78 is 0. The van der Waals surface area contributed by atoms with Crippen LogP contribution in [-0.4, -0.2) is 30.6 Å². The third kappa shape index (κ3) is 3.42. The van der Waals surface area contributed by atoms with Crippen molar-refractivity contribution in [2.45, 2.75) is 19.4 Å². The Labute approximate surface area is 75.4 Å². The minimum Gasteiger partial charge on any atom is -0.316 e. The number of rotatable bonds is 3. The van der Waals surface area contributed by atoms with Crippen molar-refractivity contribution in [1.29, 1.82) is 0 Å². The first-order valence-corrected chi connectivity index (χ1v) is 3.82. The molecule has 64 valence electrons. The smallest absolute Gasteiger partial charge is 0.227 e. The molecule has 0 aliphatic carbocycles. The predicted octanol–water partition coefficient (Wildman–Crippen LogP) is 1.33. The fourth-order valence-electron chi connectivity index (χ4n) is 0.752. The lowest BCUT2D eigenvalue weighted by molar-refractivity contribution is 0.223. The van der Waals surface area contributed by atoms with Gasteiger partial charge < -0.3 is 4.85 Å². The molecule has 0 atom stereocenters. The third-order valence-electron chi connectivity index (χ3n) is 1.88. The highest BCUT2D eigenvalue weighted by Gasteiger charge is 2.20. The van der Waals surface area contributed by atoms with E-state index in [9.17, 15) is 0 Å². The van der Waals surface area contributed by atoms with E-state index in [1.54, 1.807) is 0 Å². The van der Waals surface area contributed by atoms with Gasteiger partial charge in [0.2, 0.25) is 6.54 Å². The number of hydrogen-bond donors (Lipinski definition) is 0. The van der Waals surface area contributed by atoms with Gasteiger partial charge in [0.15, 0.2) is 0 Å². The monoisotopic (exact) mass is 162 g/mol. The minimum absolute atomic E-state index is 0.237. The van der Waals surface area contributed by atoms with E-state index < -0.39 is 0 Å². The van der Waals surface area contributed by atoms with Gasteiger partial charge in [-0.15, -0.1) is 0 Å². The molecule has 0 amide bonds. The Kier molecular flexibility index (Phi) is 4.40. The van der Waals surface area contributed by atoms with Crippen LogP contribution in [0.2, 0.25) is 0 Å². The van der Waals surface area contributed by atoms with Gasteiger partial charge in [0.05, 0.1) is 19.0 Å². The SMILES string of the molecule is [C-]#[N+]CCN(C)C(C)(C)C#C[CH]. The van der Waals surface area contributed by atoms with Crippen LogP contribution in [0.25, 0.3) is 4.85 Å². The van der Waals surface area contributed by atoms with Gasteiger partial charge in [-0.1, -0.05) is 11.8 Å². The molecule has 0 N–H and O–H groups in total. The lowest BCUT2D eigenvalue weighted by atomic mass is 10.0. The van der Waals surface area contributed by atoms with Gasteiger partial charge in [0, 0.05) is 0 Å². The number of nitrogens with zero attached hydrogens (tertiary/aromatic N) is 2. The maximum Gasteiger partial charge on any atom is 0.227 e. The van der Waals surface area contributed by atoms with E-state index in [1.807, 2.05) is 25.8 Å². The zero-order chi connectivity index (χ0) is 9.61. The Morgan fingerprint density at radius 1 is 1.58 bits per heavy atom. The second kappa shape index (κ2) is 4.80. The molecule has 12 heavy (non-hydrogen) atoms. The summed E-state index contributed by atoms with van der Waals surface area (Å²) in [7, 11) is 1.94. The molecule has 0 aliphatic heterocycles. The van der Waals surface area contributed by atoms with E-state index in [2.05, 4.69) is 16.7 Å². The first-order chi connectivity index (χ1) is 5.54. The Bertz CT molecular complexity index is 224. The zero-order valence-electron chi connectivity index (χ0n) is 7.89.